The first-order valence-electron chi connectivity index (χ1n) is 10.4. The molecule has 4 rings (SSSR count). The molecule has 0 atom stereocenters. The fourth-order valence-corrected chi connectivity index (χ4v) is 3.47. The summed E-state index contributed by atoms with van der Waals surface area (Å²) in [7, 11) is 0. The quantitative estimate of drug-likeness (QED) is 0.330. The summed E-state index contributed by atoms with van der Waals surface area (Å²) in [6.45, 7) is 4.93. The summed E-state index contributed by atoms with van der Waals surface area (Å²) in [5, 5.41) is 4.34. The topological polar surface area (TPSA) is 73.6 Å². The van der Waals surface area contributed by atoms with Gasteiger partial charge < -0.3 is 0 Å². The van der Waals surface area contributed by atoms with E-state index in [0.717, 1.165) is 30.6 Å². The molecule has 0 bridgehead atoms. The second-order valence-corrected chi connectivity index (χ2v) is 8.05. The average Bonchev–Trinajstić information content (AvgIpc) is 2.80. The molecule has 0 fully saturated rings. The Labute approximate surface area is 200 Å². The standard InChI is InChI=1S/C24H17F6N5O/c1-12-9-17-21(33-14(12)3)22(36)20(13(2)8-15-6-7-31-19(10-15)24(28,29)30)34-35(17)16-4-5-18(32-11-16)23(25,26)27/h4-11H,1-3H3/b13-8+. The minimum Gasteiger partial charge on any atom is -0.285 e. The maximum Gasteiger partial charge on any atom is 0.433 e. The number of halogens is 6. The molecule has 0 spiro atoms. The number of fused-ring (bicyclic) bond motifs is 1. The Morgan fingerprint density at radius 2 is 1.64 bits per heavy atom. The van der Waals surface area contributed by atoms with Crippen molar-refractivity contribution in [1.82, 2.24) is 24.7 Å². The molecule has 0 saturated heterocycles. The van der Waals surface area contributed by atoms with Crippen molar-refractivity contribution in [2.45, 2.75) is 33.1 Å². The zero-order valence-electron chi connectivity index (χ0n) is 19.0. The normalized spacial score (nSPS) is 12.9. The van der Waals surface area contributed by atoms with Crippen LogP contribution in [0.15, 0.2) is 47.5 Å². The third-order valence-electron chi connectivity index (χ3n) is 5.42. The van der Waals surface area contributed by atoms with Crippen LogP contribution in [0.4, 0.5) is 26.3 Å². The molecule has 186 valence electrons. The number of hydrogen-bond acceptors (Lipinski definition) is 5. The van der Waals surface area contributed by atoms with Gasteiger partial charge in [-0.15, -0.1) is 0 Å². The van der Waals surface area contributed by atoms with Crippen LogP contribution in [0.5, 0.6) is 0 Å². The lowest BCUT2D eigenvalue weighted by atomic mass is 10.1. The van der Waals surface area contributed by atoms with Crippen molar-refractivity contribution in [3.63, 3.8) is 0 Å². The number of alkyl halides is 6. The van der Waals surface area contributed by atoms with E-state index in [0.29, 0.717) is 11.3 Å². The van der Waals surface area contributed by atoms with E-state index in [-0.39, 0.29) is 33.6 Å². The highest BCUT2D eigenvalue weighted by molar-refractivity contribution is 5.84. The summed E-state index contributed by atoms with van der Waals surface area (Å²) < 4.78 is 79.3. The molecular formula is C24H17F6N5O. The van der Waals surface area contributed by atoms with Crippen LogP contribution in [-0.2, 0) is 12.4 Å². The van der Waals surface area contributed by atoms with Crippen LogP contribution < -0.4 is 5.43 Å². The van der Waals surface area contributed by atoms with Gasteiger partial charge in [0, 0.05) is 11.9 Å². The molecule has 36 heavy (non-hydrogen) atoms. The SMILES string of the molecule is C/C(=C\c1ccnc(C(F)(F)F)c1)c1nn(-c2ccc(C(F)(F)F)nc2)c2cc(C)c(C)nc2c1=O. The summed E-state index contributed by atoms with van der Waals surface area (Å²) in [6, 6.07) is 5.74. The molecule has 0 aliphatic carbocycles. The van der Waals surface area contributed by atoms with Gasteiger partial charge >= 0.3 is 12.4 Å². The van der Waals surface area contributed by atoms with Crippen LogP contribution in [0.3, 0.4) is 0 Å². The van der Waals surface area contributed by atoms with Crippen LogP contribution in [0, 0.1) is 13.8 Å². The van der Waals surface area contributed by atoms with Gasteiger partial charge in [-0.2, -0.15) is 31.4 Å². The predicted octanol–water partition coefficient (Wildman–Crippen LogP) is 5.79. The van der Waals surface area contributed by atoms with Gasteiger partial charge in [-0.05, 0) is 73.9 Å². The third kappa shape index (κ3) is 4.83. The lowest BCUT2D eigenvalue weighted by molar-refractivity contribution is -0.142. The number of aromatic nitrogens is 5. The van der Waals surface area contributed by atoms with E-state index < -0.39 is 29.2 Å². The summed E-state index contributed by atoms with van der Waals surface area (Å²) in [5.41, 5.74) is -0.921. The second-order valence-electron chi connectivity index (χ2n) is 8.05. The van der Waals surface area contributed by atoms with E-state index in [1.54, 1.807) is 19.9 Å². The van der Waals surface area contributed by atoms with Crippen LogP contribution >= 0.6 is 0 Å². The lowest BCUT2D eigenvalue weighted by Gasteiger charge is -2.14. The number of nitrogens with zero attached hydrogens (tertiary/aromatic N) is 5. The maximum atomic E-state index is 13.3. The first-order chi connectivity index (χ1) is 16.8. The number of pyridine rings is 3. The summed E-state index contributed by atoms with van der Waals surface area (Å²) >= 11 is 0. The van der Waals surface area contributed by atoms with Crippen LogP contribution in [0.2, 0.25) is 0 Å². The van der Waals surface area contributed by atoms with Gasteiger partial charge in [0.05, 0.1) is 17.4 Å². The average molecular weight is 505 g/mol. The van der Waals surface area contributed by atoms with Gasteiger partial charge in [-0.1, -0.05) is 0 Å². The molecule has 4 aromatic heterocycles. The van der Waals surface area contributed by atoms with E-state index in [1.165, 1.54) is 23.7 Å². The lowest BCUT2D eigenvalue weighted by Crippen LogP contribution is -2.19. The monoisotopic (exact) mass is 505 g/mol. The highest BCUT2D eigenvalue weighted by Crippen LogP contribution is 2.30. The number of aryl methyl sites for hydroxylation is 2. The summed E-state index contributed by atoms with van der Waals surface area (Å²) in [5.74, 6) is 0. The zero-order valence-corrected chi connectivity index (χ0v) is 19.0. The molecule has 0 radical (unpaired) electrons. The fourth-order valence-electron chi connectivity index (χ4n) is 3.47. The highest BCUT2D eigenvalue weighted by Gasteiger charge is 2.33. The fraction of sp³-hybridized carbons (Fsp3) is 0.208. The van der Waals surface area contributed by atoms with Crippen molar-refractivity contribution in [3.05, 3.63) is 86.9 Å². The van der Waals surface area contributed by atoms with Gasteiger partial charge in [0.2, 0.25) is 5.43 Å². The summed E-state index contributed by atoms with van der Waals surface area (Å²) in [4.78, 5) is 24.4. The summed E-state index contributed by atoms with van der Waals surface area (Å²) in [6.07, 6.45) is -5.99. The molecular weight excluding hydrogens is 488 g/mol. The van der Waals surface area contributed by atoms with Gasteiger partial charge in [0.15, 0.2) is 0 Å². The smallest absolute Gasteiger partial charge is 0.285 e. The molecule has 0 aliphatic rings. The highest BCUT2D eigenvalue weighted by atomic mass is 19.4. The van der Waals surface area contributed by atoms with Gasteiger partial charge in [0.1, 0.15) is 22.6 Å². The zero-order chi connectivity index (χ0) is 26.4. The van der Waals surface area contributed by atoms with E-state index in [2.05, 4.69) is 20.1 Å². The Bertz CT molecular complexity index is 1550. The minimum atomic E-state index is -4.65. The Balaban J connectivity index is 1.93. The van der Waals surface area contributed by atoms with Crippen molar-refractivity contribution < 1.29 is 26.3 Å². The molecule has 4 heterocycles. The first-order valence-corrected chi connectivity index (χ1v) is 10.4. The predicted molar refractivity (Wildman–Crippen MR) is 120 cm³/mol. The van der Waals surface area contributed by atoms with E-state index in [9.17, 15) is 31.1 Å². The van der Waals surface area contributed by atoms with Crippen molar-refractivity contribution in [3.8, 4) is 5.69 Å². The molecule has 0 unspecified atom stereocenters. The molecule has 4 aromatic rings. The number of rotatable bonds is 3. The van der Waals surface area contributed by atoms with Crippen molar-refractivity contribution in [1.29, 1.82) is 0 Å². The first kappa shape index (κ1) is 25.0. The Kier molecular flexibility index (Phi) is 6.15. The molecule has 0 saturated carbocycles. The molecule has 0 aliphatic heterocycles. The van der Waals surface area contributed by atoms with E-state index in [4.69, 9.17) is 0 Å². The van der Waals surface area contributed by atoms with Gasteiger partial charge in [0.25, 0.3) is 0 Å². The molecule has 12 heteroatoms. The minimum absolute atomic E-state index is 0.00135. The van der Waals surface area contributed by atoms with Crippen LogP contribution in [-0.4, -0.2) is 24.7 Å². The van der Waals surface area contributed by atoms with Gasteiger partial charge in [-0.25, -0.2) is 14.6 Å². The van der Waals surface area contributed by atoms with E-state index in [1.807, 2.05) is 0 Å². The molecule has 0 aromatic carbocycles. The largest absolute Gasteiger partial charge is 0.433 e. The second kappa shape index (κ2) is 8.85. The third-order valence-corrected chi connectivity index (χ3v) is 5.42. The molecule has 0 amide bonds. The van der Waals surface area contributed by atoms with Crippen molar-refractivity contribution in [2.75, 3.05) is 0 Å². The van der Waals surface area contributed by atoms with Gasteiger partial charge in [-0.3, -0.25) is 9.78 Å². The Hall–Kier alpha value is -4.09. The van der Waals surface area contributed by atoms with Crippen LogP contribution in [0.25, 0.3) is 28.4 Å². The van der Waals surface area contributed by atoms with Crippen molar-refractivity contribution in [2.24, 2.45) is 0 Å². The van der Waals surface area contributed by atoms with Crippen molar-refractivity contribution >= 4 is 22.7 Å². The van der Waals surface area contributed by atoms with Crippen LogP contribution in [0.1, 0.15) is 40.8 Å². The molecule has 6 nitrogen and oxygen atoms in total. The Morgan fingerprint density at radius 3 is 2.25 bits per heavy atom. The maximum absolute atomic E-state index is 13.3. The number of hydrogen-bond donors (Lipinski definition) is 0. The molecule has 0 N–H and O–H groups in total. The Morgan fingerprint density at radius 1 is 0.944 bits per heavy atom. The number of allylic oxidation sites excluding steroid dienone is 1. The van der Waals surface area contributed by atoms with E-state index >= 15 is 0 Å².